The smallest absolute Gasteiger partial charge is 0.191 e. The van der Waals surface area contributed by atoms with E-state index in [1.807, 2.05) is 42.3 Å². The number of nitrogens with zero attached hydrogens (tertiary/aromatic N) is 4. The molecular formula is C20H30ClIN6O. The normalized spacial score (nSPS) is 16.5. The second-order valence-corrected chi connectivity index (χ2v) is 7.36. The van der Waals surface area contributed by atoms with Crippen molar-refractivity contribution >= 4 is 47.2 Å². The number of anilines is 1. The predicted octanol–water partition coefficient (Wildman–Crippen LogP) is 3.08. The summed E-state index contributed by atoms with van der Waals surface area (Å²) in [5, 5.41) is 11.8. The van der Waals surface area contributed by atoms with Crippen molar-refractivity contribution in [3.8, 4) is 5.75 Å². The first-order valence-electron chi connectivity index (χ1n) is 9.70. The molecule has 2 aromatic rings. The highest BCUT2D eigenvalue weighted by molar-refractivity contribution is 14.0. The third kappa shape index (κ3) is 6.67. The van der Waals surface area contributed by atoms with E-state index in [4.69, 9.17) is 21.3 Å². The lowest BCUT2D eigenvalue weighted by Gasteiger charge is -2.22. The van der Waals surface area contributed by atoms with Crippen molar-refractivity contribution in [3.63, 3.8) is 0 Å². The van der Waals surface area contributed by atoms with Crippen LogP contribution in [0.25, 0.3) is 0 Å². The summed E-state index contributed by atoms with van der Waals surface area (Å²) in [5.41, 5.74) is 2.24. The van der Waals surface area contributed by atoms with Crippen LogP contribution in [0.3, 0.4) is 0 Å². The van der Waals surface area contributed by atoms with Gasteiger partial charge in [0.25, 0.3) is 0 Å². The Balaban J connectivity index is 0.00000300. The molecule has 9 heteroatoms. The van der Waals surface area contributed by atoms with Gasteiger partial charge in [0, 0.05) is 50.5 Å². The minimum Gasteiger partial charge on any atom is -0.495 e. The molecule has 2 N–H and O–H groups in total. The molecule has 1 aromatic carbocycles. The molecule has 1 aliphatic heterocycles. The van der Waals surface area contributed by atoms with Crippen LogP contribution < -0.4 is 20.3 Å². The van der Waals surface area contributed by atoms with E-state index >= 15 is 0 Å². The molecule has 7 nitrogen and oxygen atoms in total. The summed E-state index contributed by atoms with van der Waals surface area (Å²) in [6.07, 6.45) is 5.83. The summed E-state index contributed by atoms with van der Waals surface area (Å²) in [5.74, 6) is 1.71. The monoisotopic (exact) mass is 532 g/mol. The maximum absolute atomic E-state index is 6.19. The molecule has 29 heavy (non-hydrogen) atoms. The summed E-state index contributed by atoms with van der Waals surface area (Å²) in [6.45, 7) is 5.46. The molecule has 1 fully saturated rings. The van der Waals surface area contributed by atoms with Gasteiger partial charge in [0.2, 0.25) is 0 Å². The number of aryl methyl sites for hydroxylation is 1. The molecule has 0 spiro atoms. The van der Waals surface area contributed by atoms with Crippen LogP contribution in [0.15, 0.2) is 35.6 Å². The lowest BCUT2D eigenvalue weighted by molar-refractivity contribution is 0.415. The Labute approximate surface area is 194 Å². The number of aliphatic imine (C=N–C) groups is 1. The van der Waals surface area contributed by atoms with Crippen LogP contribution >= 0.6 is 35.6 Å². The molecule has 1 saturated heterocycles. The zero-order valence-electron chi connectivity index (χ0n) is 17.2. The number of halogens is 2. The third-order valence-corrected chi connectivity index (χ3v) is 5.02. The molecule has 0 aliphatic carbocycles. The molecule has 160 valence electrons. The van der Waals surface area contributed by atoms with Crippen molar-refractivity contribution in [1.29, 1.82) is 0 Å². The van der Waals surface area contributed by atoms with Gasteiger partial charge in [-0.3, -0.25) is 9.67 Å². The van der Waals surface area contributed by atoms with Crippen molar-refractivity contribution in [2.45, 2.75) is 25.8 Å². The first-order chi connectivity index (χ1) is 13.6. The third-order valence-electron chi connectivity index (χ3n) is 4.78. The highest BCUT2D eigenvalue weighted by Gasteiger charge is 2.25. The first-order valence-corrected chi connectivity index (χ1v) is 10.1. The van der Waals surface area contributed by atoms with Gasteiger partial charge >= 0.3 is 0 Å². The molecule has 0 radical (unpaired) electrons. The summed E-state index contributed by atoms with van der Waals surface area (Å²) in [6, 6.07) is 6.06. The fourth-order valence-electron chi connectivity index (χ4n) is 3.42. The number of hydrogen-bond donors (Lipinski definition) is 2. The van der Waals surface area contributed by atoms with E-state index < -0.39 is 0 Å². The van der Waals surface area contributed by atoms with Gasteiger partial charge in [-0.15, -0.1) is 24.0 Å². The number of benzene rings is 1. The summed E-state index contributed by atoms with van der Waals surface area (Å²) in [7, 11) is 3.62. The van der Waals surface area contributed by atoms with Crippen LogP contribution in [0.4, 0.5) is 5.69 Å². The number of guanidine groups is 1. The zero-order chi connectivity index (χ0) is 19.9. The molecule has 0 bridgehead atoms. The Kier molecular flexibility index (Phi) is 9.35. The van der Waals surface area contributed by atoms with E-state index in [0.29, 0.717) is 6.04 Å². The average Bonchev–Trinajstić information content (AvgIpc) is 3.31. The minimum absolute atomic E-state index is 0. The van der Waals surface area contributed by atoms with Crippen LogP contribution in [0.2, 0.25) is 5.02 Å². The summed E-state index contributed by atoms with van der Waals surface area (Å²) >= 11 is 6.19. The number of hydrogen-bond acceptors (Lipinski definition) is 4. The Hall–Kier alpha value is -1.68. The first kappa shape index (κ1) is 23.6. The van der Waals surface area contributed by atoms with Crippen LogP contribution in [0, 0.1) is 0 Å². The fourth-order valence-corrected chi connectivity index (χ4v) is 3.58. The van der Waals surface area contributed by atoms with Crippen LogP contribution in [0.5, 0.6) is 5.75 Å². The second kappa shape index (κ2) is 11.5. The van der Waals surface area contributed by atoms with Crippen molar-refractivity contribution in [3.05, 3.63) is 41.2 Å². The SMILES string of the molecule is CCNC(=NCCc1cnn(C)c1)NC1CCN(c2cc(Cl)ccc2OC)C1.I. The zero-order valence-corrected chi connectivity index (χ0v) is 20.3. The Bertz CT molecular complexity index is 812. The van der Waals surface area contributed by atoms with Crippen LogP contribution in [-0.4, -0.2) is 55.1 Å². The lowest BCUT2D eigenvalue weighted by Crippen LogP contribution is -2.44. The maximum atomic E-state index is 6.19. The predicted molar refractivity (Wildman–Crippen MR) is 130 cm³/mol. The molecule has 0 saturated carbocycles. The Morgan fingerprint density at radius 3 is 2.93 bits per heavy atom. The Morgan fingerprint density at radius 2 is 2.24 bits per heavy atom. The van der Waals surface area contributed by atoms with E-state index in [-0.39, 0.29) is 24.0 Å². The van der Waals surface area contributed by atoms with Gasteiger partial charge in [-0.2, -0.15) is 5.10 Å². The molecule has 3 rings (SSSR count). The van der Waals surface area contributed by atoms with Gasteiger partial charge < -0.3 is 20.3 Å². The van der Waals surface area contributed by atoms with Crippen molar-refractivity contribution < 1.29 is 4.74 Å². The largest absolute Gasteiger partial charge is 0.495 e. The number of methoxy groups -OCH3 is 1. The van der Waals surface area contributed by atoms with E-state index in [1.165, 1.54) is 5.56 Å². The number of aromatic nitrogens is 2. The molecule has 1 atom stereocenters. The van der Waals surface area contributed by atoms with E-state index in [2.05, 4.69) is 27.6 Å². The lowest BCUT2D eigenvalue weighted by atomic mass is 10.2. The van der Waals surface area contributed by atoms with Gasteiger partial charge in [0.05, 0.1) is 19.0 Å². The summed E-state index contributed by atoms with van der Waals surface area (Å²) < 4.78 is 7.32. The van der Waals surface area contributed by atoms with Crippen LogP contribution in [-0.2, 0) is 13.5 Å². The number of rotatable bonds is 7. The van der Waals surface area contributed by atoms with E-state index in [9.17, 15) is 0 Å². The number of nitrogens with one attached hydrogen (secondary N) is 2. The Morgan fingerprint density at radius 1 is 1.41 bits per heavy atom. The van der Waals surface area contributed by atoms with Gasteiger partial charge in [0.1, 0.15) is 5.75 Å². The molecule has 0 amide bonds. The van der Waals surface area contributed by atoms with Crippen LogP contribution in [0.1, 0.15) is 18.9 Å². The van der Waals surface area contributed by atoms with Crippen molar-refractivity contribution in [2.75, 3.05) is 38.2 Å². The quantitative estimate of drug-likeness (QED) is 0.326. The summed E-state index contributed by atoms with van der Waals surface area (Å²) in [4.78, 5) is 7.03. The molecular weight excluding hydrogens is 503 g/mol. The number of ether oxygens (including phenoxy) is 1. The molecule has 2 heterocycles. The van der Waals surface area contributed by atoms with Gasteiger partial charge in [-0.25, -0.2) is 0 Å². The minimum atomic E-state index is 0. The van der Waals surface area contributed by atoms with E-state index in [0.717, 1.165) is 61.4 Å². The average molecular weight is 533 g/mol. The highest BCUT2D eigenvalue weighted by Crippen LogP contribution is 2.33. The standard InChI is InChI=1S/C20H29ClN6O.HI/c1-4-22-20(23-9-7-15-12-24-26(2)13-15)25-17-8-10-27(14-17)18-11-16(21)5-6-19(18)28-3;/h5-6,11-13,17H,4,7-10,14H2,1-3H3,(H2,22,23,25);1H. The second-order valence-electron chi connectivity index (χ2n) is 6.93. The molecule has 1 aliphatic rings. The topological polar surface area (TPSA) is 66.7 Å². The van der Waals surface area contributed by atoms with Crippen molar-refractivity contribution in [2.24, 2.45) is 12.0 Å². The van der Waals surface area contributed by atoms with Gasteiger partial charge in [0.15, 0.2) is 5.96 Å². The molecule has 1 unspecified atom stereocenters. The van der Waals surface area contributed by atoms with Crippen molar-refractivity contribution in [1.82, 2.24) is 20.4 Å². The van der Waals surface area contributed by atoms with Gasteiger partial charge in [-0.1, -0.05) is 11.6 Å². The van der Waals surface area contributed by atoms with Gasteiger partial charge in [-0.05, 0) is 43.5 Å². The fraction of sp³-hybridized carbons (Fsp3) is 0.500. The highest BCUT2D eigenvalue weighted by atomic mass is 127. The maximum Gasteiger partial charge on any atom is 0.191 e. The molecule has 1 aromatic heterocycles. The van der Waals surface area contributed by atoms with E-state index in [1.54, 1.807) is 7.11 Å².